The van der Waals surface area contributed by atoms with Crippen molar-refractivity contribution in [1.82, 2.24) is 19.7 Å². The van der Waals surface area contributed by atoms with E-state index in [0.717, 1.165) is 36.4 Å². The number of carbonyl (C=O) groups excluding carboxylic acids is 3. The summed E-state index contributed by atoms with van der Waals surface area (Å²) in [5, 5.41) is 10.7. The third-order valence-corrected chi connectivity index (χ3v) is 7.84. The first kappa shape index (κ1) is 39.0. The summed E-state index contributed by atoms with van der Waals surface area (Å²) in [5.74, 6) is 3.07. The van der Waals surface area contributed by atoms with Gasteiger partial charge in [0.15, 0.2) is 0 Å². The van der Waals surface area contributed by atoms with Crippen molar-refractivity contribution in [1.29, 1.82) is 0 Å². The molecule has 0 bridgehead atoms. The van der Waals surface area contributed by atoms with Gasteiger partial charge in [-0.2, -0.15) is 5.10 Å². The lowest BCUT2D eigenvalue weighted by Gasteiger charge is -2.33. The van der Waals surface area contributed by atoms with Gasteiger partial charge in [0.25, 0.3) is 0 Å². The normalized spacial score (nSPS) is 13.3. The van der Waals surface area contributed by atoms with Gasteiger partial charge in [0, 0.05) is 36.5 Å². The highest BCUT2D eigenvalue weighted by atomic mass is 16.6. The van der Waals surface area contributed by atoms with Gasteiger partial charge in [-0.05, 0) is 107 Å². The minimum Gasteiger partial charge on any atom is -0.494 e. The number of pyridine rings is 1. The van der Waals surface area contributed by atoms with Crippen LogP contribution in [0.5, 0.6) is 17.2 Å². The summed E-state index contributed by atoms with van der Waals surface area (Å²) < 4.78 is 19.1. The third-order valence-electron chi connectivity index (χ3n) is 7.84. The quantitative estimate of drug-likeness (QED) is 0.138. The molecule has 0 saturated carbocycles. The van der Waals surface area contributed by atoms with E-state index in [0.29, 0.717) is 48.6 Å². The van der Waals surface area contributed by atoms with Crippen molar-refractivity contribution in [3.8, 4) is 22.9 Å². The average molecular weight is 715 g/mol. The Morgan fingerprint density at radius 1 is 0.865 bits per heavy atom. The molecule has 1 aliphatic rings. The minimum absolute atomic E-state index is 0.228. The zero-order valence-electron chi connectivity index (χ0n) is 30.7. The van der Waals surface area contributed by atoms with Gasteiger partial charge in [0.2, 0.25) is 0 Å². The molecule has 0 unspecified atom stereocenters. The molecule has 14 heteroatoms. The first-order valence-corrected chi connectivity index (χ1v) is 17.2. The second-order valence-electron chi connectivity index (χ2n) is 14.4. The highest BCUT2D eigenvalue weighted by Crippen LogP contribution is 2.28. The van der Waals surface area contributed by atoms with Crippen LogP contribution in [0.3, 0.4) is 0 Å². The number of rotatable bonds is 9. The van der Waals surface area contributed by atoms with Crippen LogP contribution >= 0.6 is 0 Å². The summed E-state index contributed by atoms with van der Waals surface area (Å²) in [6.45, 7) is 13.9. The van der Waals surface area contributed by atoms with Crippen LogP contribution in [-0.4, -0.2) is 63.1 Å². The first-order valence-electron chi connectivity index (χ1n) is 17.2. The first-order chi connectivity index (χ1) is 24.6. The zero-order chi connectivity index (χ0) is 37.9. The third kappa shape index (κ3) is 12.5. The lowest BCUT2D eigenvalue weighted by atomic mass is 9.92. The molecule has 1 fully saturated rings. The molecule has 6 N–H and O–H groups in total. The highest BCUT2D eigenvalue weighted by Gasteiger charge is 2.27. The molecule has 5 rings (SSSR count). The molecule has 1 saturated heterocycles. The largest absolute Gasteiger partial charge is 0.494 e. The van der Waals surface area contributed by atoms with Crippen LogP contribution in [0.1, 0.15) is 66.5 Å². The van der Waals surface area contributed by atoms with Crippen LogP contribution in [0.25, 0.3) is 5.69 Å². The van der Waals surface area contributed by atoms with E-state index in [2.05, 4.69) is 47.9 Å². The number of aromatic nitrogens is 3. The molecule has 0 atom stereocenters. The number of hydrogen-bond donors (Lipinski definition) is 4. The van der Waals surface area contributed by atoms with Gasteiger partial charge in [-0.25, -0.2) is 19.1 Å². The van der Waals surface area contributed by atoms with Gasteiger partial charge in [0.05, 0.1) is 24.2 Å². The van der Waals surface area contributed by atoms with E-state index in [1.165, 1.54) is 0 Å². The molecular weight excluding hydrogens is 664 g/mol. The molecule has 1 aliphatic heterocycles. The van der Waals surface area contributed by atoms with E-state index < -0.39 is 17.7 Å². The number of piperidine rings is 1. The van der Waals surface area contributed by atoms with Gasteiger partial charge < -0.3 is 35.9 Å². The van der Waals surface area contributed by atoms with Gasteiger partial charge in [-0.3, -0.25) is 10.3 Å². The molecule has 0 aliphatic carbocycles. The Morgan fingerprint density at radius 3 is 2.08 bits per heavy atom. The summed E-state index contributed by atoms with van der Waals surface area (Å²) in [6.07, 6.45) is 5.88. The Morgan fingerprint density at radius 2 is 1.50 bits per heavy atom. The molecule has 5 amide bonds. The van der Waals surface area contributed by atoms with Crippen LogP contribution in [0.4, 0.5) is 25.9 Å². The number of benzene rings is 2. The van der Waals surface area contributed by atoms with Crippen LogP contribution < -0.4 is 31.6 Å². The Bertz CT molecular complexity index is 1750. The van der Waals surface area contributed by atoms with E-state index in [1.807, 2.05) is 57.2 Å². The fourth-order valence-electron chi connectivity index (χ4n) is 5.22. The smallest absolute Gasteiger partial charge is 0.410 e. The van der Waals surface area contributed by atoms with Crippen molar-refractivity contribution >= 4 is 29.7 Å². The molecule has 3 heterocycles. The number of anilines is 2. The van der Waals surface area contributed by atoms with Gasteiger partial charge in [-0.15, -0.1) is 0 Å². The van der Waals surface area contributed by atoms with E-state index >= 15 is 0 Å². The van der Waals surface area contributed by atoms with E-state index in [1.54, 1.807) is 52.3 Å². The van der Waals surface area contributed by atoms with E-state index in [9.17, 15) is 9.59 Å². The summed E-state index contributed by atoms with van der Waals surface area (Å²) >= 11 is 0. The zero-order valence-corrected chi connectivity index (χ0v) is 30.7. The maximum atomic E-state index is 13.1. The summed E-state index contributed by atoms with van der Waals surface area (Å²) in [4.78, 5) is 40.3. The summed E-state index contributed by atoms with van der Waals surface area (Å²) in [5.41, 5.74) is 10.0. The van der Waals surface area contributed by atoms with Crippen molar-refractivity contribution in [2.45, 2.75) is 71.8 Å². The number of hydrogen-bond acceptors (Lipinski definition) is 8. The van der Waals surface area contributed by atoms with Crippen molar-refractivity contribution in [3.05, 3.63) is 84.8 Å². The van der Waals surface area contributed by atoms with Gasteiger partial charge >= 0.3 is 18.2 Å². The van der Waals surface area contributed by atoms with Crippen LogP contribution in [0.2, 0.25) is 0 Å². The van der Waals surface area contributed by atoms with Crippen LogP contribution in [0, 0.1) is 5.92 Å². The number of nitrogens with zero attached hydrogens (tertiary/aromatic N) is 4. The van der Waals surface area contributed by atoms with E-state index in [-0.39, 0.29) is 11.5 Å². The lowest BCUT2D eigenvalue weighted by molar-refractivity contribution is 0.0177. The molecular formula is C38H50N8O6. The predicted octanol–water partition coefficient (Wildman–Crippen LogP) is 7.44. The number of ether oxygens (including phenoxy) is 3. The van der Waals surface area contributed by atoms with Crippen LogP contribution in [0.15, 0.2) is 79.1 Å². The summed E-state index contributed by atoms with van der Waals surface area (Å²) in [7, 11) is 0. The van der Waals surface area contributed by atoms with Crippen molar-refractivity contribution in [3.63, 3.8) is 0 Å². The average Bonchev–Trinajstić information content (AvgIpc) is 3.50. The fraction of sp³-hybridized carbons (Fsp3) is 0.395. The maximum Gasteiger partial charge on any atom is 0.410 e. The lowest BCUT2D eigenvalue weighted by Crippen LogP contribution is -2.41. The molecule has 52 heavy (non-hydrogen) atoms. The van der Waals surface area contributed by atoms with Crippen molar-refractivity contribution in [2.75, 3.05) is 30.3 Å². The van der Waals surface area contributed by atoms with Gasteiger partial charge in [0.1, 0.15) is 28.7 Å². The van der Waals surface area contributed by atoms with E-state index in [4.69, 9.17) is 24.1 Å². The predicted molar refractivity (Wildman–Crippen MR) is 200 cm³/mol. The number of amides is 5. The van der Waals surface area contributed by atoms with Crippen molar-refractivity contribution < 1.29 is 28.6 Å². The SMILES string of the molecule is CC(C)(C)OC(=O)N1CCC(CCOc2ccc(-n3nc(C(C)(C)C)cc3NC(=O)Nc3ccc(Oc4cccnc4)cc3)cc2)CC1.NC(N)=O. The maximum absolute atomic E-state index is 13.1. The minimum atomic E-state index is -0.833. The Labute approximate surface area is 304 Å². The molecule has 2 aromatic carbocycles. The number of urea groups is 2. The summed E-state index contributed by atoms with van der Waals surface area (Å²) in [6, 6.07) is 19.1. The Hall–Kier alpha value is -5.79. The molecule has 14 nitrogen and oxygen atoms in total. The number of likely N-dealkylation sites (tertiary alicyclic amines) is 1. The molecule has 4 aromatic rings. The number of primary amides is 2. The highest BCUT2D eigenvalue weighted by molar-refractivity contribution is 5.99. The Balaban J connectivity index is 0.00000144. The number of nitrogens with two attached hydrogens (primary N) is 2. The molecule has 0 radical (unpaired) electrons. The fourth-order valence-corrected chi connectivity index (χ4v) is 5.22. The standard InChI is InChI=1S/C37H46N6O5.CH4N2O/c1-36(2,3)32-24-33(40-34(44)39-27-9-13-30(14-10-27)47-31-8-7-20-38-25-31)43(41-32)28-11-15-29(16-12-28)46-23-19-26-17-21-42(22-18-26)35(45)48-37(4,5)6;2-1(3)4/h7-16,20,24-26H,17-19,21-23H2,1-6H3,(H2,39,40,44);(H4,2,3,4). The molecule has 2 aromatic heterocycles. The molecule has 0 spiro atoms. The second-order valence-corrected chi connectivity index (χ2v) is 14.4. The Kier molecular flexibility index (Phi) is 13.1. The van der Waals surface area contributed by atoms with Crippen LogP contribution in [-0.2, 0) is 10.2 Å². The number of nitrogens with one attached hydrogen (secondary N) is 2. The van der Waals surface area contributed by atoms with Gasteiger partial charge in [-0.1, -0.05) is 20.8 Å². The molecule has 278 valence electrons. The number of carbonyl (C=O) groups is 3. The topological polar surface area (TPSA) is 189 Å². The van der Waals surface area contributed by atoms with Crippen molar-refractivity contribution in [2.24, 2.45) is 17.4 Å². The monoisotopic (exact) mass is 714 g/mol. The second kappa shape index (κ2) is 17.4.